The molecule has 1 unspecified atom stereocenters. The molecule has 21 heavy (non-hydrogen) atoms. The fourth-order valence-electron chi connectivity index (χ4n) is 2.26. The predicted molar refractivity (Wildman–Crippen MR) is 83.8 cm³/mol. The minimum absolute atomic E-state index is 0.175. The van der Waals surface area contributed by atoms with E-state index in [1.165, 1.54) is 6.07 Å². The van der Waals surface area contributed by atoms with Crippen molar-refractivity contribution >= 4 is 5.69 Å². The summed E-state index contributed by atoms with van der Waals surface area (Å²) in [5, 5.41) is 3.32. The molecule has 1 atom stereocenters. The molecule has 0 saturated carbocycles. The highest BCUT2D eigenvalue weighted by Gasteiger charge is 2.07. The maximum absolute atomic E-state index is 13.5. The van der Waals surface area contributed by atoms with Gasteiger partial charge in [0.1, 0.15) is 11.6 Å². The van der Waals surface area contributed by atoms with Gasteiger partial charge in [0.25, 0.3) is 0 Å². The third-order valence-electron chi connectivity index (χ3n) is 3.43. The molecule has 0 aliphatic heterocycles. The monoisotopic (exact) mass is 288 g/mol. The van der Waals surface area contributed by atoms with E-state index in [-0.39, 0.29) is 11.9 Å². The van der Waals surface area contributed by atoms with Gasteiger partial charge >= 0.3 is 0 Å². The summed E-state index contributed by atoms with van der Waals surface area (Å²) in [4.78, 5) is 0. The second-order valence-electron chi connectivity index (χ2n) is 5.15. The second kappa shape index (κ2) is 7.09. The molecule has 0 radical (unpaired) electrons. The molecule has 2 aromatic carbocycles. The van der Waals surface area contributed by atoms with Crippen molar-refractivity contribution in [1.29, 1.82) is 0 Å². The minimum Gasteiger partial charge on any atom is -0.495 e. The molecule has 0 aliphatic carbocycles. The van der Waals surface area contributed by atoms with E-state index in [0.717, 1.165) is 12.0 Å². The first-order valence-corrected chi connectivity index (χ1v) is 6.99. The van der Waals surface area contributed by atoms with Gasteiger partial charge in [0.2, 0.25) is 0 Å². The lowest BCUT2D eigenvalue weighted by atomic mass is 10.1. The fourth-order valence-corrected chi connectivity index (χ4v) is 2.26. The molecule has 3 N–H and O–H groups in total. The van der Waals surface area contributed by atoms with Crippen LogP contribution >= 0.6 is 0 Å². The summed E-state index contributed by atoms with van der Waals surface area (Å²) in [5.41, 5.74) is 8.34. The molecular formula is C17H21FN2O. The average molecular weight is 288 g/mol. The zero-order valence-electron chi connectivity index (χ0n) is 12.4. The molecule has 0 aromatic heterocycles. The first-order valence-electron chi connectivity index (χ1n) is 6.99. The van der Waals surface area contributed by atoms with Gasteiger partial charge in [-0.1, -0.05) is 24.3 Å². The van der Waals surface area contributed by atoms with Crippen molar-refractivity contribution in [3.63, 3.8) is 0 Å². The van der Waals surface area contributed by atoms with Crippen LogP contribution in [0.15, 0.2) is 42.5 Å². The number of anilines is 1. The maximum Gasteiger partial charge on any atom is 0.141 e. The number of halogens is 1. The predicted octanol–water partition coefficient (Wildman–Crippen LogP) is 3.14. The summed E-state index contributed by atoms with van der Waals surface area (Å²) in [6, 6.07) is 12.8. The van der Waals surface area contributed by atoms with E-state index in [1.807, 2.05) is 24.3 Å². The maximum atomic E-state index is 13.5. The molecule has 4 heteroatoms. The molecule has 2 aromatic rings. The van der Waals surface area contributed by atoms with E-state index < -0.39 is 0 Å². The van der Waals surface area contributed by atoms with Crippen LogP contribution in [0.4, 0.5) is 10.1 Å². The Morgan fingerprint density at radius 1 is 1.24 bits per heavy atom. The molecule has 0 spiro atoms. The zero-order chi connectivity index (χ0) is 15.2. The number of rotatable bonds is 6. The highest BCUT2D eigenvalue weighted by Crippen LogP contribution is 2.22. The number of hydrogen-bond acceptors (Lipinski definition) is 3. The second-order valence-corrected chi connectivity index (χ2v) is 5.15. The lowest BCUT2D eigenvalue weighted by Gasteiger charge is -2.15. The van der Waals surface area contributed by atoms with Gasteiger partial charge in [0.15, 0.2) is 0 Å². The number of methoxy groups -OCH3 is 1. The molecule has 3 nitrogen and oxygen atoms in total. The molecule has 2 rings (SSSR count). The largest absolute Gasteiger partial charge is 0.495 e. The zero-order valence-corrected chi connectivity index (χ0v) is 12.4. The van der Waals surface area contributed by atoms with Gasteiger partial charge in [-0.2, -0.15) is 0 Å². The Bertz CT molecular complexity index is 601. The van der Waals surface area contributed by atoms with Crippen molar-refractivity contribution in [1.82, 2.24) is 5.32 Å². The van der Waals surface area contributed by atoms with Gasteiger partial charge in [0.05, 0.1) is 12.8 Å². The van der Waals surface area contributed by atoms with Crippen molar-refractivity contribution in [2.75, 3.05) is 12.8 Å². The fraction of sp³-hybridized carbons (Fsp3) is 0.294. The van der Waals surface area contributed by atoms with E-state index in [9.17, 15) is 4.39 Å². The molecule has 0 amide bonds. The van der Waals surface area contributed by atoms with Crippen LogP contribution in [-0.2, 0) is 13.0 Å². The first kappa shape index (κ1) is 15.3. The standard InChI is InChI=1S/C17H21FN2O/c1-12(20-11-14-5-3-4-6-15(14)18)9-13-7-8-17(21-2)16(19)10-13/h3-8,10,12,20H,9,11,19H2,1-2H3. The molecule has 0 aliphatic rings. The van der Waals surface area contributed by atoms with Gasteiger partial charge in [-0.05, 0) is 37.1 Å². The smallest absolute Gasteiger partial charge is 0.141 e. The molecule has 0 heterocycles. The van der Waals surface area contributed by atoms with E-state index in [4.69, 9.17) is 10.5 Å². The minimum atomic E-state index is -0.175. The summed E-state index contributed by atoms with van der Waals surface area (Å²) in [7, 11) is 1.60. The van der Waals surface area contributed by atoms with E-state index in [2.05, 4.69) is 12.2 Å². The van der Waals surface area contributed by atoms with Crippen molar-refractivity contribution in [3.05, 3.63) is 59.4 Å². The third-order valence-corrected chi connectivity index (χ3v) is 3.43. The third kappa shape index (κ3) is 4.20. The van der Waals surface area contributed by atoms with Gasteiger partial charge in [-0.15, -0.1) is 0 Å². The van der Waals surface area contributed by atoms with Crippen LogP contribution in [0.2, 0.25) is 0 Å². The van der Waals surface area contributed by atoms with Crippen LogP contribution in [-0.4, -0.2) is 13.2 Å². The van der Waals surface area contributed by atoms with Gasteiger partial charge < -0.3 is 15.8 Å². The van der Waals surface area contributed by atoms with Crippen molar-refractivity contribution < 1.29 is 9.13 Å². The lowest BCUT2D eigenvalue weighted by molar-refractivity contribution is 0.416. The summed E-state index contributed by atoms with van der Waals surface area (Å²) in [6.07, 6.45) is 0.822. The van der Waals surface area contributed by atoms with E-state index >= 15 is 0 Å². The average Bonchev–Trinajstić information content (AvgIpc) is 2.46. The Hall–Kier alpha value is -2.07. The topological polar surface area (TPSA) is 47.3 Å². The van der Waals surface area contributed by atoms with Crippen LogP contribution in [0.1, 0.15) is 18.1 Å². The molecule has 0 bridgehead atoms. The van der Waals surface area contributed by atoms with Crippen LogP contribution in [0.3, 0.4) is 0 Å². The number of benzene rings is 2. The number of nitrogen functional groups attached to an aromatic ring is 1. The quantitative estimate of drug-likeness (QED) is 0.803. The Morgan fingerprint density at radius 3 is 2.67 bits per heavy atom. The Morgan fingerprint density at radius 2 is 2.00 bits per heavy atom. The van der Waals surface area contributed by atoms with E-state index in [1.54, 1.807) is 19.2 Å². The molecule has 0 saturated heterocycles. The number of nitrogens with two attached hydrogens (primary N) is 1. The summed E-state index contributed by atoms with van der Waals surface area (Å²) >= 11 is 0. The van der Waals surface area contributed by atoms with Gasteiger partial charge in [0, 0.05) is 18.2 Å². The van der Waals surface area contributed by atoms with Gasteiger partial charge in [-0.25, -0.2) is 4.39 Å². The van der Waals surface area contributed by atoms with Crippen LogP contribution < -0.4 is 15.8 Å². The summed E-state index contributed by atoms with van der Waals surface area (Å²) in [5.74, 6) is 0.511. The first-order chi connectivity index (χ1) is 10.1. The Balaban J connectivity index is 1.91. The molecule has 112 valence electrons. The number of hydrogen-bond donors (Lipinski definition) is 2. The normalized spacial score (nSPS) is 12.1. The summed E-state index contributed by atoms with van der Waals surface area (Å²) in [6.45, 7) is 2.58. The Kier molecular flexibility index (Phi) is 5.17. The summed E-state index contributed by atoms with van der Waals surface area (Å²) < 4.78 is 18.7. The van der Waals surface area contributed by atoms with Crippen molar-refractivity contribution in [2.24, 2.45) is 0 Å². The molecule has 0 fully saturated rings. The highest BCUT2D eigenvalue weighted by molar-refractivity contribution is 5.54. The van der Waals surface area contributed by atoms with Crippen LogP contribution in [0.25, 0.3) is 0 Å². The number of ether oxygens (including phenoxy) is 1. The number of nitrogens with one attached hydrogen (secondary N) is 1. The SMILES string of the molecule is COc1ccc(CC(C)NCc2ccccc2F)cc1N. The lowest BCUT2D eigenvalue weighted by Crippen LogP contribution is -2.28. The van der Waals surface area contributed by atoms with Crippen molar-refractivity contribution in [2.45, 2.75) is 25.9 Å². The van der Waals surface area contributed by atoms with Crippen molar-refractivity contribution in [3.8, 4) is 5.75 Å². The highest BCUT2D eigenvalue weighted by atomic mass is 19.1. The Labute approximate surface area is 124 Å². The van der Waals surface area contributed by atoms with Crippen LogP contribution in [0.5, 0.6) is 5.75 Å². The van der Waals surface area contributed by atoms with Gasteiger partial charge in [-0.3, -0.25) is 0 Å². The molecular weight excluding hydrogens is 267 g/mol. The van der Waals surface area contributed by atoms with E-state index in [0.29, 0.717) is 23.5 Å². The van der Waals surface area contributed by atoms with Crippen LogP contribution in [0, 0.1) is 5.82 Å².